The Hall–Kier alpha value is -1.90. The van der Waals surface area contributed by atoms with Crippen LogP contribution >= 0.6 is 0 Å². The van der Waals surface area contributed by atoms with Crippen LogP contribution in [0.2, 0.25) is 0 Å². The van der Waals surface area contributed by atoms with Crippen molar-refractivity contribution in [2.24, 2.45) is 0 Å². The van der Waals surface area contributed by atoms with E-state index >= 15 is 0 Å². The molecule has 0 amide bonds. The molecule has 0 N–H and O–H groups in total. The van der Waals surface area contributed by atoms with Crippen LogP contribution in [0.3, 0.4) is 0 Å². The summed E-state index contributed by atoms with van der Waals surface area (Å²) in [6, 6.07) is 10.2. The number of rotatable bonds is 2. The molecule has 1 aromatic carbocycles. The summed E-state index contributed by atoms with van der Waals surface area (Å²) in [5.41, 5.74) is 3.00. The monoisotopic (exact) mass is 226 g/mol. The molecule has 0 unspecified atom stereocenters. The molecule has 1 heterocycles. The Morgan fingerprint density at radius 2 is 2.00 bits per heavy atom. The van der Waals surface area contributed by atoms with Crippen LogP contribution in [0.5, 0.6) is 0 Å². The normalized spacial score (nSPS) is 14.7. The van der Waals surface area contributed by atoms with E-state index in [2.05, 4.69) is 17.2 Å². The van der Waals surface area contributed by atoms with Gasteiger partial charge >= 0.3 is 0 Å². The molecule has 1 aliphatic rings. The zero-order chi connectivity index (χ0) is 11.7. The molecule has 17 heavy (non-hydrogen) atoms. The lowest BCUT2D eigenvalue weighted by Crippen LogP contribution is -2.08. The first kappa shape index (κ1) is 10.3. The van der Waals surface area contributed by atoms with Gasteiger partial charge in [-0.2, -0.15) is 5.10 Å². The van der Waals surface area contributed by atoms with Gasteiger partial charge in [0, 0.05) is 12.6 Å². The molecule has 1 aromatic heterocycles. The zero-order valence-corrected chi connectivity index (χ0v) is 9.60. The smallest absolute Gasteiger partial charge is 0.166 e. The van der Waals surface area contributed by atoms with Gasteiger partial charge in [0.05, 0.1) is 17.8 Å². The Kier molecular flexibility index (Phi) is 2.52. The van der Waals surface area contributed by atoms with Crippen LogP contribution in [0, 0.1) is 0 Å². The predicted molar refractivity (Wildman–Crippen MR) is 65.0 cm³/mol. The predicted octanol–water partition coefficient (Wildman–Crippen LogP) is 2.45. The number of aromatic nitrogens is 2. The number of Topliss-reactive ketones (excluding diaryl/α,β-unsaturated/α-hetero) is 1. The number of nitrogens with zero attached hydrogens (tertiary/aromatic N) is 2. The third-order valence-corrected chi connectivity index (χ3v) is 3.14. The van der Waals surface area contributed by atoms with Crippen molar-refractivity contribution in [2.75, 3.05) is 0 Å². The largest absolute Gasteiger partial charge is 0.294 e. The Balaban J connectivity index is 1.88. The first-order chi connectivity index (χ1) is 8.33. The Morgan fingerprint density at radius 1 is 1.18 bits per heavy atom. The fourth-order valence-electron chi connectivity index (χ4n) is 2.28. The number of ketones is 1. The van der Waals surface area contributed by atoms with Crippen molar-refractivity contribution < 1.29 is 4.79 Å². The van der Waals surface area contributed by atoms with Gasteiger partial charge in [-0.3, -0.25) is 9.48 Å². The molecule has 2 aromatic rings. The lowest BCUT2D eigenvalue weighted by Gasteiger charge is -2.06. The van der Waals surface area contributed by atoms with E-state index in [9.17, 15) is 4.79 Å². The van der Waals surface area contributed by atoms with E-state index in [1.807, 2.05) is 29.1 Å². The van der Waals surface area contributed by atoms with Gasteiger partial charge in [0.2, 0.25) is 0 Å². The molecule has 1 aliphatic carbocycles. The zero-order valence-electron chi connectivity index (χ0n) is 9.60. The average Bonchev–Trinajstić information content (AvgIpc) is 2.74. The standard InChI is InChI=1S/C14H14N2O/c17-14-8-4-7-13-12(14)10-16(15-13)9-11-5-2-1-3-6-11/h1-3,5-6,10H,4,7-9H2. The van der Waals surface area contributed by atoms with Gasteiger partial charge in [0.15, 0.2) is 5.78 Å². The summed E-state index contributed by atoms with van der Waals surface area (Å²) in [6.45, 7) is 0.737. The summed E-state index contributed by atoms with van der Waals surface area (Å²) in [6.07, 6.45) is 4.44. The number of fused-ring (bicyclic) bond motifs is 1. The summed E-state index contributed by atoms with van der Waals surface area (Å²) in [4.78, 5) is 11.7. The summed E-state index contributed by atoms with van der Waals surface area (Å²) in [5, 5.41) is 4.49. The van der Waals surface area contributed by atoms with E-state index in [0.717, 1.165) is 30.6 Å². The molecule has 0 bridgehead atoms. The highest BCUT2D eigenvalue weighted by atomic mass is 16.1. The second-order valence-electron chi connectivity index (χ2n) is 4.45. The summed E-state index contributed by atoms with van der Waals surface area (Å²) >= 11 is 0. The van der Waals surface area contributed by atoms with E-state index in [1.165, 1.54) is 5.56 Å². The van der Waals surface area contributed by atoms with Crippen molar-refractivity contribution in [1.29, 1.82) is 0 Å². The molecule has 0 fully saturated rings. The Bertz CT molecular complexity index is 543. The second-order valence-corrected chi connectivity index (χ2v) is 4.45. The highest BCUT2D eigenvalue weighted by molar-refractivity contribution is 5.97. The molecular weight excluding hydrogens is 212 g/mol. The minimum absolute atomic E-state index is 0.241. The fraction of sp³-hybridized carbons (Fsp3) is 0.286. The third-order valence-electron chi connectivity index (χ3n) is 3.14. The average molecular weight is 226 g/mol. The van der Waals surface area contributed by atoms with Crippen LogP contribution in [0.25, 0.3) is 0 Å². The maximum absolute atomic E-state index is 11.7. The van der Waals surface area contributed by atoms with Gasteiger partial charge < -0.3 is 0 Å². The third kappa shape index (κ3) is 2.00. The van der Waals surface area contributed by atoms with Gasteiger partial charge in [-0.05, 0) is 18.4 Å². The van der Waals surface area contributed by atoms with Gasteiger partial charge in [-0.25, -0.2) is 0 Å². The SMILES string of the molecule is O=C1CCCc2nn(Cc3ccccc3)cc21. The van der Waals surface area contributed by atoms with Crippen molar-refractivity contribution >= 4 is 5.78 Å². The van der Waals surface area contributed by atoms with Crippen molar-refractivity contribution in [3.05, 3.63) is 53.3 Å². The van der Waals surface area contributed by atoms with E-state index in [0.29, 0.717) is 6.42 Å². The Labute approximate surface area is 100 Å². The maximum atomic E-state index is 11.7. The van der Waals surface area contributed by atoms with Crippen LogP contribution in [-0.4, -0.2) is 15.6 Å². The van der Waals surface area contributed by atoms with E-state index in [1.54, 1.807) is 0 Å². The van der Waals surface area contributed by atoms with Crippen LogP contribution in [0.15, 0.2) is 36.5 Å². The van der Waals surface area contributed by atoms with Crippen molar-refractivity contribution in [3.8, 4) is 0 Å². The van der Waals surface area contributed by atoms with Crippen LogP contribution in [0.4, 0.5) is 0 Å². The summed E-state index contributed by atoms with van der Waals surface area (Å²) < 4.78 is 1.88. The molecule has 0 saturated carbocycles. The molecule has 0 atom stereocenters. The molecule has 3 heteroatoms. The maximum Gasteiger partial charge on any atom is 0.166 e. The number of hydrogen-bond acceptors (Lipinski definition) is 2. The minimum Gasteiger partial charge on any atom is -0.294 e. The van der Waals surface area contributed by atoms with E-state index < -0.39 is 0 Å². The van der Waals surface area contributed by atoms with Gasteiger partial charge in [-0.15, -0.1) is 0 Å². The van der Waals surface area contributed by atoms with Crippen LogP contribution < -0.4 is 0 Å². The molecular formula is C14H14N2O. The van der Waals surface area contributed by atoms with Crippen LogP contribution in [0.1, 0.15) is 34.5 Å². The van der Waals surface area contributed by atoms with Gasteiger partial charge in [0.25, 0.3) is 0 Å². The molecule has 3 nitrogen and oxygen atoms in total. The molecule has 0 radical (unpaired) electrons. The number of carbonyl (C=O) groups is 1. The molecule has 0 spiro atoms. The quantitative estimate of drug-likeness (QED) is 0.788. The number of hydrogen-bond donors (Lipinski definition) is 0. The highest BCUT2D eigenvalue weighted by Gasteiger charge is 2.20. The van der Waals surface area contributed by atoms with Crippen molar-refractivity contribution in [3.63, 3.8) is 0 Å². The molecule has 3 rings (SSSR count). The lowest BCUT2D eigenvalue weighted by molar-refractivity contribution is 0.0972. The van der Waals surface area contributed by atoms with E-state index in [-0.39, 0.29) is 5.78 Å². The van der Waals surface area contributed by atoms with Crippen LogP contribution in [-0.2, 0) is 13.0 Å². The molecule has 86 valence electrons. The summed E-state index contributed by atoms with van der Waals surface area (Å²) in [5.74, 6) is 0.241. The molecule has 0 saturated heterocycles. The summed E-state index contributed by atoms with van der Waals surface area (Å²) in [7, 11) is 0. The van der Waals surface area contributed by atoms with Gasteiger partial charge in [-0.1, -0.05) is 30.3 Å². The first-order valence-electron chi connectivity index (χ1n) is 5.96. The van der Waals surface area contributed by atoms with E-state index in [4.69, 9.17) is 0 Å². The number of benzene rings is 1. The van der Waals surface area contributed by atoms with Crippen molar-refractivity contribution in [2.45, 2.75) is 25.8 Å². The topological polar surface area (TPSA) is 34.9 Å². The fourth-order valence-corrected chi connectivity index (χ4v) is 2.28. The van der Waals surface area contributed by atoms with Crippen molar-refractivity contribution in [1.82, 2.24) is 9.78 Å². The second kappa shape index (κ2) is 4.17. The first-order valence-corrected chi connectivity index (χ1v) is 5.96. The molecule has 0 aliphatic heterocycles. The highest BCUT2D eigenvalue weighted by Crippen LogP contribution is 2.19. The minimum atomic E-state index is 0.241. The number of carbonyl (C=O) groups excluding carboxylic acids is 1. The Morgan fingerprint density at radius 3 is 2.76 bits per heavy atom. The van der Waals surface area contributed by atoms with Gasteiger partial charge in [0.1, 0.15) is 0 Å². The lowest BCUT2D eigenvalue weighted by atomic mass is 9.97. The number of aryl methyl sites for hydroxylation is 1.